The van der Waals surface area contributed by atoms with Gasteiger partial charge in [-0.05, 0) is 85.4 Å². The van der Waals surface area contributed by atoms with Crippen molar-refractivity contribution in [2.24, 2.45) is 34.0 Å². The fourth-order valence-electron chi connectivity index (χ4n) is 7.85. The first-order valence-electron chi connectivity index (χ1n) is 9.13. The maximum Gasteiger partial charge on any atom is 0.0550 e. The van der Waals surface area contributed by atoms with E-state index in [1.54, 1.807) is 5.57 Å². The molecule has 4 rings (SSSR count). The third-order valence-corrected chi connectivity index (χ3v) is 8.26. The Kier molecular flexibility index (Phi) is 2.83. The van der Waals surface area contributed by atoms with Gasteiger partial charge in [0.05, 0.1) is 6.10 Å². The highest BCUT2D eigenvalue weighted by molar-refractivity contribution is 5.22. The molecule has 118 valence electrons. The standard InChI is InChI=1S/C20H32O/c1-13-9-20-8-7-16-18(2,3)11-15(21)12-19(16,4)17(20)6-5-14(13)10-20/h14-17,21H,1,5-12H2,2-4H3/t14-,15-,16-,17+,19-,20-/m1/s1. The molecule has 0 radical (unpaired) electrons. The summed E-state index contributed by atoms with van der Waals surface area (Å²) >= 11 is 0. The first-order valence-corrected chi connectivity index (χ1v) is 9.13. The molecule has 0 amide bonds. The molecule has 1 N–H and O–H groups in total. The zero-order valence-electron chi connectivity index (χ0n) is 14.1. The quantitative estimate of drug-likeness (QED) is 0.626. The van der Waals surface area contributed by atoms with E-state index < -0.39 is 0 Å². The summed E-state index contributed by atoms with van der Waals surface area (Å²) in [5.74, 6) is 2.45. The molecule has 1 heteroatoms. The number of rotatable bonds is 0. The van der Waals surface area contributed by atoms with Gasteiger partial charge in [0.15, 0.2) is 0 Å². The Morgan fingerprint density at radius 1 is 1.00 bits per heavy atom. The SMILES string of the molecule is C=C1C[C@@]23CC[C@@H]4C(C)(C)C[C@@H](O)C[C@@]4(C)[C@@H]2CC[C@@H]1C3. The number of hydrogen-bond donors (Lipinski definition) is 1. The minimum Gasteiger partial charge on any atom is -0.393 e. The second-order valence-electron chi connectivity index (χ2n) is 9.88. The summed E-state index contributed by atoms with van der Waals surface area (Å²) in [6, 6.07) is 0. The van der Waals surface area contributed by atoms with Gasteiger partial charge in [0.25, 0.3) is 0 Å². The molecule has 6 atom stereocenters. The van der Waals surface area contributed by atoms with E-state index in [1.807, 2.05) is 0 Å². The summed E-state index contributed by atoms with van der Waals surface area (Å²) in [7, 11) is 0. The Bertz CT molecular complexity index is 478. The van der Waals surface area contributed by atoms with Crippen molar-refractivity contribution in [1.29, 1.82) is 0 Å². The minimum absolute atomic E-state index is 0.0845. The molecule has 0 aromatic carbocycles. The first kappa shape index (κ1) is 14.3. The van der Waals surface area contributed by atoms with Gasteiger partial charge in [-0.1, -0.05) is 32.9 Å². The summed E-state index contributed by atoms with van der Waals surface area (Å²) in [5.41, 5.74) is 2.77. The lowest BCUT2D eigenvalue weighted by Gasteiger charge is -2.64. The van der Waals surface area contributed by atoms with Crippen molar-refractivity contribution in [2.75, 3.05) is 0 Å². The van der Waals surface area contributed by atoms with Crippen LogP contribution in [0.25, 0.3) is 0 Å². The molecule has 0 heterocycles. The topological polar surface area (TPSA) is 20.2 Å². The molecule has 0 aliphatic heterocycles. The summed E-state index contributed by atoms with van der Waals surface area (Å²) < 4.78 is 0. The lowest BCUT2D eigenvalue weighted by molar-refractivity contribution is -0.171. The molecule has 4 aliphatic rings. The lowest BCUT2D eigenvalue weighted by atomic mass is 9.41. The molecular weight excluding hydrogens is 256 g/mol. The maximum absolute atomic E-state index is 10.5. The zero-order valence-corrected chi connectivity index (χ0v) is 14.1. The molecule has 0 unspecified atom stereocenters. The Morgan fingerprint density at radius 2 is 1.76 bits per heavy atom. The molecule has 1 spiro atoms. The maximum atomic E-state index is 10.5. The van der Waals surface area contributed by atoms with Crippen LogP contribution < -0.4 is 0 Å². The van der Waals surface area contributed by atoms with Crippen LogP contribution in [0.15, 0.2) is 12.2 Å². The van der Waals surface area contributed by atoms with Crippen LogP contribution in [0.2, 0.25) is 0 Å². The van der Waals surface area contributed by atoms with E-state index in [0.29, 0.717) is 16.2 Å². The molecule has 0 aromatic rings. The molecule has 0 saturated heterocycles. The van der Waals surface area contributed by atoms with Crippen molar-refractivity contribution in [3.8, 4) is 0 Å². The molecule has 0 aromatic heterocycles. The fraction of sp³-hybridized carbons (Fsp3) is 0.900. The Balaban J connectivity index is 1.75. The van der Waals surface area contributed by atoms with Crippen LogP contribution >= 0.6 is 0 Å². The summed E-state index contributed by atoms with van der Waals surface area (Å²) in [5, 5.41) is 10.5. The molecule has 4 fully saturated rings. The van der Waals surface area contributed by atoms with Crippen molar-refractivity contribution >= 4 is 0 Å². The number of aliphatic hydroxyl groups excluding tert-OH is 1. The van der Waals surface area contributed by atoms with E-state index >= 15 is 0 Å². The second kappa shape index (κ2) is 4.16. The average molecular weight is 288 g/mol. The highest BCUT2D eigenvalue weighted by Crippen LogP contribution is 2.72. The van der Waals surface area contributed by atoms with Crippen molar-refractivity contribution in [2.45, 2.75) is 78.2 Å². The molecule has 2 bridgehead atoms. The predicted molar refractivity (Wildman–Crippen MR) is 86.9 cm³/mol. The van der Waals surface area contributed by atoms with Crippen molar-refractivity contribution in [3.05, 3.63) is 12.2 Å². The molecule has 1 nitrogen and oxygen atoms in total. The first-order chi connectivity index (χ1) is 9.77. The van der Waals surface area contributed by atoms with Gasteiger partial charge in [0.1, 0.15) is 0 Å². The van der Waals surface area contributed by atoms with Crippen LogP contribution in [-0.4, -0.2) is 11.2 Å². The lowest BCUT2D eigenvalue weighted by Crippen LogP contribution is -2.58. The Morgan fingerprint density at radius 3 is 2.52 bits per heavy atom. The zero-order chi connectivity index (χ0) is 15.0. The highest BCUT2D eigenvalue weighted by atomic mass is 16.3. The van der Waals surface area contributed by atoms with Crippen LogP contribution in [-0.2, 0) is 0 Å². The van der Waals surface area contributed by atoms with Crippen LogP contribution in [0.3, 0.4) is 0 Å². The minimum atomic E-state index is -0.0845. The van der Waals surface area contributed by atoms with E-state index in [1.165, 1.54) is 38.5 Å². The van der Waals surface area contributed by atoms with E-state index in [4.69, 9.17) is 0 Å². The van der Waals surface area contributed by atoms with Gasteiger partial charge in [-0.15, -0.1) is 0 Å². The third-order valence-electron chi connectivity index (χ3n) is 8.26. The van der Waals surface area contributed by atoms with Gasteiger partial charge in [-0.25, -0.2) is 0 Å². The largest absolute Gasteiger partial charge is 0.393 e. The Labute approximate surface area is 130 Å². The highest BCUT2D eigenvalue weighted by Gasteiger charge is 2.63. The van der Waals surface area contributed by atoms with Crippen LogP contribution in [0.1, 0.15) is 72.1 Å². The van der Waals surface area contributed by atoms with Gasteiger partial charge < -0.3 is 5.11 Å². The molecule has 21 heavy (non-hydrogen) atoms. The van der Waals surface area contributed by atoms with Gasteiger partial charge in [-0.3, -0.25) is 0 Å². The normalized spacial score (nSPS) is 55.0. The van der Waals surface area contributed by atoms with Gasteiger partial charge in [0.2, 0.25) is 0 Å². The monoisotopic (exact) mass is 288 g/mol. The van der Waals surface area contributed by atoms with Crippen LogP contribution in [0.4, 0.5) is 0 Å². The fourth-order valence-corrected chi connectivity index (χ4v) is 7.85. The third kappa shape index (κ3) is 1.79. The molecular formula is C20H32O. The number of hydrogen-bond acceptors (Lipinski definition) is 1. The van der Waals surface area contributed by atoms with E-state index in [9.17, 15) is 5.11 Å². The molecule has 4 aliphatic carbocycles. The number of fused-ring (bicyclic) bond motifs is 3. The van der Waals surface area contributed by atoms with Crippen molar-refractivity contribution < 1.29 is 5.11 Å². The number of aliphatic hydroxyl groups is 1. The van der Waals surface area contributed by atoms with E-state index in [0.717, 1.165) is 30.6 Å². The van der Waals surface area contributed by atoms with E-state index in [2.05, 4.69) is 27.4 Å². The summed E-state index contributed by atoms with van der Waals surface area (Å²) in [4.78, 5) is 0. The smallest absolute Gasteiger partial charge is 0.0550 e. The van der Waals surface area contributed by atoms with Crippen molar-refractivity contribution in [3.63, 3.8) is 0 Å². The molecule has 4 saturated carbocycles. The second-order valence-corrected chi connectivity index (χ2v) is 9.88. The van der Waals surface area contributed by atoms with Crippen LogP contribution in [0, 0.1) is 34.0 Å². The van der Waals surface area contributed by atoms with Crippen molar-refractivity contribution in [1.82, 2.24) is 0 Å². The predicted octanol–water partition coefficient (Wildman–Crippen LogP) is 4.95. The Hall–Kier alpha value is -0.300. The van der Waals surface area contributed by atoms with Gasteiger partial charge in [-0.2, -0.15) is 0 Å². The van der Waals surface area contributed by atoms with Gasteiger partial charge in [0, 0.05) is 0 Å². The number of allylic oxidation sites excluding steroid dienone is 1. The average Bonchev–Trinajstić information content (AvgIpc) is 2.57. The summed E-state index contributed by atoms with van der Waals surface area (Å²) in [6.07, 6.45) is 10.2. The van der Waals surface area contributed by atoms with E-state index in [-0.39, 0.29) is 6.10 Å². The van der Waals surface area contributed by atoms with Crippen LogP contribution in [0.5, 0.6) is 0 Å². The summed E-state index contributed by atoms with van der Waals surface area (Å²) in [6.45, 7) is 11.8. The van der Waals surface area contributed by atoms with Gasteiger partial charge >= 0.3 is 0 Å².